The monoisotopic (exact) mass is 421 g/mol. The lowest BCUT2D eigenvalue weighted by Gasteiger charge is -2.29. The molecule has 5 rings (SSSR count). The average Bonchev–Trinajstić information content (AvgIpc) is 3.41. The maximum Gasteiger partial charge on any atom is 0.243 e. The van der Waals surface area contributed by atoms with Gasteiger partial charge in [-0.1, -0.05) is 42.5 Å². The van der Waals surface area contributed by atoms with Gasteiger partial charge < -0.3 is 15.1 Å². The van der Waals surface area contributed by atoms with Gasteiger partial charge in [-0.25, -0.2) is 0 Å². The Hall–Kier alpha value is -2.47. The summed E-state index contributed by atoms with van der Waals surface area (Å²) < 4.78 is 0. The van der Waals surface area contributed by atoms with Gasteiger partial charge in [-0.05, 0) is 42.5 Å². The van der Waals surface area contributed by atoms with Crippen molar-refractivity contribution in [2.24, 2.45) is 0 Å². The van der Waals surface area contributed by atoms with E-state index in [2.05, 4.69) is 65.7 Å². The van der Waals surface area contributed by atoms with Gasteiger partial charge in [-0.15, -0.1) is 11.8 Å². The molecule has 0 radical (unpaired) electrons. The molecule has 6 heteroatoms. The molecule has 2 amide bonds. The number of carbonyl (C=O) groups is 2. The number of nitrogens with one attached hydrogen (secondary N) is 1. The van der Waals surface area contributed by atoms with Crippen LogP contribution in [0.2, 0.25) is 0 Å². The molecule has 0 spiro atoms. The largest absolute Gasteiger partial charge is 0.367 e. The SMILES string of the molecule is C[C@@]12CCC(=O)N1[C@@H](C(=O)NCc1ccc(CN3CCc4ccccc43)cc1)CS2. The van der Waals surface area contributed by atoms with Crippen molar-refractivity contribution >= 4 is 29.3 Å². The van der Waals surface area contributed by atoms with Crippen LogP contribution in [0, 0.1) is 0 Å². The minimum Gasteiger partial charge on any atom is -0.367 e. The van der Waals surface area contributed by atoms with Crippen LogP contribution in [0.5, 0.6) is 0 Å². The summed E-state index contributed by atoms with van der Waals surface area (Å²) in [4.78, 5) is 29.0. The summed E-state index contributed by atoms with van der Waals surface area (Å²) >= 11 is 1.73. The Bertz CT molecular complexity index is 977. The third-order valence-electron chi connectivity index (χ3n) is 6.59. The van der Waals surface area contributed by atoms with Gasteiger partial charge >= 0.3 is 0 Å². The maximum atomic E-state index is 12.7. The van der Waals surface area contributed by atoms with Crippen LogP contribution >= 0.6 is 11.8 Å². The predicted molar refractivity (Wildman–Crippen MR) is 120 cm³/mol. The van der Waals surface area contributed by atoms with Crippen LogP contribution in [0.1, 0.15) is 36.5 Å². The van der Waals surface area contributed by atoms with Crippen molar-refractivity contribution in [1.29, 1.82) is 0 Å². The highest BCUT2D eigenvalue weighted by atomic mass is 32.2. The molecule has 3 aliphatic heterocycles. The summed E-state index contributed by atoms with van der Waals surface area (Å²) in [6.07, 6.45) is 2.50. The molecule has 0 unspecified atom stereocenters. The van der Waals surface area contributed by atoms with Gasteiger partial charge in [0.05, 0.1) is 4.87 Å². The van der Waals surface area contributed by atoms with Crippen LogP contribution in [-0.4, -0.2) is 39.9 Å². The van der Waals surface area contributed by atoms with E-state index >= 15 is 0 Å². The Labute approximate surface area is 181 Å². The molecule has 0 saturated carbocycles. The standard InChI is InChI=1S/C24H27N3O2S/c1-24-12-10-22(28)27(24)21(16-30-24)23(29)25-14-17-6-8-18(9-7-17)15-26-13-11-19-4-2-3-5-20(19)26/h2-9,21H,10-16H2,1H3,(H,25,29)/t21-,24-/m1/s1. The number of para-hydroxylation sites is 1. The zero-order valence-corrected chi connectivity index (χ0v) is 18.1. The van der Waals surface area contributed by atoms with E-state index in [0.29, 0.717) is 18.7 Å². The first kappa shape index (κ1) is 19.5. The van der Waals surface area contributed by atoms with Gasteiger partial charge in [0.25, 0.3) is 0 Å². The smallest absolute Gasteiger partial charge is 0.243 e. The maximum absolute atomic E-state index is 12.7. The van der Waals surface area contributed by atoms with Crippen LogP contribution in [0.15, 0.2) is 48.5 Å². The molecule has 2 saturated heterocycles. The van der Waals surface area contributed by atoms with E-state index < -0.39 is 0 Å². The third-order valence-corrected chi connectivity index (χ3v) is 8.10. The average molecular weight is 422 g/mol. The van der Waals surface area contributed by atoms with Crippen molar-refractivity contribution in [3.8, 4) is 0 Å². The summed E-state index contributed by atoms with van der Waals surface area (Å²) in [6.45, 7) is 4.53. The fourth-order valence-corrected chi connectivity index (χ4v) is 6.31. The molecule has 3 heterocycles. The molecule has 3 aliphatic rings. The fourth-order valence-electron chi connectivity index (χ4n) is 4.88. The van der Waals surface area contributed by atoms with E-state index in [-0.39, 0.29) is 22.7 Å². The summed E-state index contributed by atoms with van der Waals surface area (Å²) in [7, 11) is 0. The molecular formula is C24H27N3O2S. The molecule has 2 aromatic rings. The number of rotatable bonds is 5. The summed E-state index contributed by atoms with van der Waals surface area (Å²) in [5.41, 5.74) is 5.11. The molecule has 2 aromatic carbocycles. The van der Waals surface area contributed by atoms with Gasteiger partial charge in [-0.2, -0.15) is 0 Å². The normalized spacial score (nSPS) is 24.8. The van der Waals surface area contributed by atoms with Crippen molar-refractivity contribution < 1.29 is 9.59 Å². The highest BCUT2D eigenvalue weighted by Crippen LogP contribution is 2.47. The quantitative estimate of drug-likeness (QED) is 0.805. The second-order valence-electron chi connectivity index (χ2n) is 8.60. The van der Waals surface area contributed by atoms with Crippen LogP contribution in [0.3, 0.4) is 0 Å². The number of carbonyl (C=O) groups excluding carboxylic acids is 2. The molecule has 5 nitrogen and oxygen atoms in total. The number of anilines is 1. The summed E-state index contributed by atoms with van der Waals surface area (Å²) in [5, 5.41) is 3.04. The summed E-state index contributed by atoms with van der Waals surface area (Å²) in [5.74, 6) is 0.749. The Morgan fingerprint density at radius 2 is 1.90 bits per heavy atom. The lowest BCUT2D eigenvalue weighted by molar-refractivity contribution is -0.138. The van der Waals surface area contributed by atoms with Crippen LogP contribution < -0.4 is 10.2 Å². The molecule has 0 bridgehead atoms. The lowest BCUT2D eigenvalue weighted by atomic mass is 10.1. The Balaban J connectivity index is 1.17. The lowest BCUT2D eigenvalue weighted by Crippen LogP contribution is -2.49. The van der Waals surface area contributed by atoms with E-state index in [1.165, 1.54) is 16.8 Å². The van der Waals surface area contributed by atoms with Crippen molar-refractivity contribution in [2.75, 3.05) is 17.2 Å². The Morgan fingerprint density at radius 1 is 1.13 bits per heavy atom. The molecule has 156 valence electrons. The van der Waals surface area contributed by atoms with E-state index in [0.717, 1.165) is 31.5 Å². The topological polar surface area (TPSA) is 52.7 Å². The highest BCUT2D eigenvalue weighted by molar-refractivity contribution is 8.01. The van der Waals surface area contributed by atoms with Crippen molar-refractivity contribution in [3.05, 3.63) is 65.2 Å². The zero-order chi connectivity index (χ0) is 20.7. The van der Waals surface area contributed by atoms with E-state index in [1.54, 1.807) is 11.8 Å². The first-order valence-corrected chi connectivity index (χ1v) is 11.7. The van der Waals surface area contributed by atoms with Crippen LogP contribution in [0.4, 0.5) is 5.69 Å². The second kappa shape index (κ2) is 7.65. The molecule has 30 heavy (non-hydrogen) atoms. The number of thioether (sulfide) groups is 1. The molecule has 2 atom stereocenters. The molecule has 2 fully saturated rings. The van der Waals surface area contributed by atoms with Gasteiger partial charge in [-0.3, -0.25) is 9.59 Å². The number of fused-ring (bicyclic) bond motifs is 2. The van der Waals surface area contributed by atoms with Crippen molar-refractivity contribution in [1.82, 2.24) is 10.2 Å². The van der Waals surface area contributed by atoms with Crippen molar-refractivity contribution in [2.45, 2.75) is 50.2 Å². The fraction of sp³-hybridized carbons (Fsp3) is 0.417. The number of hydrogen-bond donors (Lipinski definition) is 1. The van der Waals surface area contributed by atoms with Gasteiger partial charge in [0.15, 0.2) is 0 Å². The van der Waals surface area contributed by atoms with Crippen LogP contribution in [-0.2, 0) is 29.1 Å². The highest BCUT2D eigenvalue weighted by Gasteiger charge is 2.52. The Kier molecular flexibility index (Phi) is 4.97. The molecule has 1 N–H and O–H groups in total. The zero-order valence-electron chi connectivity index (χ0n) is 17.3. The molecule has 0 aliphatic carbocycles. The number of nitrogens with zero attached hydrogens (tertiary/aromatic N) is 2. The number of benzene rings is 2. The van der Waals surface area contributed by atoms with E-state index in [9.17, 15) is 9.59 Å². The number of hydrogen-bond acceptors (Lipinski definition) is 4. The third kappa shape index (κ3) is 3.47. The molecule has 0 aromatic heterocycles. The first-order valence-electron chi connectivity index (χ1n) is 10.7. The first-order chi connectivity index (χ1) is 14.5. The van der Waals surface area contributed by atoms with Gasteiger partial charge in [0, 0.05) is 37.5 Å². The van der Waals surface area contributed by atoms with E-state index in [1.807, 2.05) is 4.90 Å². The number of amides is 2. The minimum atomic E-state index is -0.343. The van der Waals surface area contributed by atoms with Crippen LogP contribution in [0.25, 0.3) is 0 Å². The van der Waals surface area contributed by atoms with Gasteiger partial charge in [0.2, 0.25) is 11.8 Å². The van der Waals surface area contributed by atoms with Gasteiger partial charge in [0.1, 0.15) is 6.04 Å². The Morgan fingerprint density at radius 3 is 2.73 bits per heavy atom. The van der Waals surface area contributed by atoms with Crippen molar-refractivity contribution in [3.63, 3.8) is 0 Å². The predicted octanol–water partition coefficient (Wildman–Crippen LogP) is 3.32. The summed E-state index contributed by atoms with van der Waals surface area (Å²) in [6, 6.07) is 16.7. The molecular weight excluding hydrogens is 394 g/mol. The second-order valence-corrected chi connectivity index (χ2v) is 10.1. The minimum absolute atomic E-state index is 0.0424. The van der Waals surface area contributed by atoms with E-state index in [4.69, 9.17) is 0 Å².